The molecule has 2 saturated heterocycles. The Bertz CT molecular complexity index is 674. The average molecular weight is 345 g/mol. The van der Waals surface area contributed by atoms with Crippen molar-refractivity contribution in [3.63, 3.8) is 0 Å². The van der Waals surface area contributed by atoms with E-state index in [1.807, 2.05) is 4.90 Å². The highest BCUT2D eigenvalue weighted by Gasteiger charge is 2.45. The number of nitrogens with zero attached hydrogens (tertiary/aromatic N) is 2. The van der Waals surface area contributed by atoms with E-state index in [1.54, 1.807) is 29.2 Å². The molecule has 1 spiro atoms. The first-order valence-corrected chi connectivity index (χ1v) is 8.77. The molecule has 6 heteroatoms. The van der Waals surface area contributed by atoms with Crippen LogP contribution in [0.25, 0.3) is 0 Å². The largest absolute Gasteiger partial charge is 0.332 e. The molecular formula is C19H24FN3O2. The summed E-state index contributed by atoms with van der Waals surface area (Å²) in [5.74, 6) is -0.328. The van der Waals surface area contributed by atoms with Crippen LogP contribution >= 0.6 is 0 Å². The Balaban J connectivity index is 1.75. The fraction of sp³-hybridized carbons (Fsp3) is 0.474. The summed E-state index contributed by atoms with van der Waals surface area (Å²) in [6.07, 6.45) is 5.73. The molecule has 3 rings (SSSR count). The van der Waals surface area contributed by atoms with Gasteiger partial charge in [-0.15, -0.1) is 6.58 Å². The summed E-state index contributed by atoms with van der Waals surface area (Å²) < 4.78 is 13.8. The molecule has 25 heavy (non-hydrogen) atoms. The van der Waals surface area contributed by atoms with Crippen LogP contribution in [0.3, 0.4) is 0 Å². The van der Waals surface area contributed by atoms with Crippen LogP contribution < -0.4 is 5.32 Å². The lowest BCUT2D eigenvalue weighted by Crippen LogP contribution is -2.63. The summed E-state index contributed by atoms with van der Waals surface area (Å²) >= 11 is 0. The molecule has 1 atom stereocenters. The maximum atomic E-state index is 13.8. The van der Waals surface area contributed by atoms with Crippen molar-refractivity contribution >= 4 is 17.6 Å². The molecule has 5 nitrogen and oxygen atoms in total. The summed E-state index contributed by atoms with van der Waals surface area (Å²) in [6, 6.07) is 5.81. The molecule has 134 valence electrons. The number of benzene rings is 1. The Morgan fingerprint density at radius 3 is 2.84 bits per heavy atom. The summed E-state index contributed by atoms with van der Waals surface area (Å²) in [5, 5.41) is 2.65. The van der Waals surface area contributed by atoms with Crippen molar-refractivity contribution in [2.75, 3.05) is 25.0 Å². The van der Waals surface area contributed by atoms with Crippen molar-refractivity contribution in [2.45, 2.75) is 37.6 Å². The van der Waals surface area contributed by atoms with Crippen LogP contribution in [0.1, 0.15) is 32.1 Å². The van der Waals surface area contributed by atoms with E-state index in [0.29, 0.717) is 26.1 Å². The van der Waals surface area contributed by atoms with Crippen LogP contribution in [0.5, 0.6) is 0 Å². The van der Waals surface area contributed by atoms with Gasteiger partial charge in [-0.1, -0.05) is 18.2 Å². The van der Waals surface area contributed by atoms with Crippen molar-refractivity contribution in [3.05, 3.63) is 42.7 Å². The number of piperidine rings is 2. The zero-order chi connectivity index (χ0) is 17.9. The smallest absolute Gasteiger partial charge is 0.322 e. The number of rotatable bonds is 3. The van der Waals surface area contributed by atoms with Crippen LogP contribution in [0.4, 0.5) is 14.9 Å². The van der Waals surface area contributed by atoms with Crippen molar-refractivity contribution < 1.29 is 14.0 Å². The Morgan fingerprint density at radius 1 is 1.32 bits per heavy atom. The summed E-state index contributed by atoms with van der Waals surface area (Å²) in [7, 11) is 0. The quantitative estimate of drug-likeness (QED) is 0.854. The van der Waals surface area contributed by atoms with Gasteiger partial charge in [0, 0.05) is 26.1 Å². The van der Waals surface area contributed by atoms with Gasteiger partial charge in [0.15, 0.2) is 0 Å². The van der Waals surface area contributed by atoms with Crippen LogP contribution in [-0.4, -0.2) is 46.9 Å². The molecule has 0 bridgehead atoms. The Labute approximate surface area is 147 Å². The van der Waals surface area contributed by atoms with Gasteiger partial charge >= 0.3 is 6.03 Å². The Hall–Kier alpha value is -2.37. The fourth-order valence-electron chi connectivity index (χ4n) is 3.99. The second kappa shape index (κ2) is 7.25. The van der Waals surface area contributed by atoms with E-state index in [0.717, 1.165) is 25.7 Å². The monoisotopic (exact) mass is 345 g/mol. The number of likely N-dealkylation sites (tertiary alicyclic amines) is 2. The number of para-hydroxylation sites is 1. The average Bonchev–Trinajstić information content (AvgIpc) is 2.61. The van der Waals surface area contributed by atoms with Crippen molar-refractivity contribution in [2.24, 2.45) is 0 Å². The number of nitrogens with one attached hydrogen (secondary N) is 1. The minimum absolute atomic E-state index is 0.127. The highest BCUT2D eigenvalue weighted by molar-refractivity contribution is 5.89. The third kappa shape index (κ3) is 3.52. The lowest BCUT2D eigenvalue weighted by atomic mass is 9.79. The molecule has 0 radical (unpaired) electrons. The molecule has 1 N–H and O–H groups in total. The number of anilines is 1. The maximum absolute atomic E-state index is 13.8. The molecule has 0 aromatic heterocycles. The van der Waals surface area contributed by atoms with Crippen molar-refractivity contribution in [1.29, 1.82) is 0 Å². The number of carbonyl (C=O) groups is 2. The molecule has 2 fully saturated rings. The first kappa shape index (κ1) is 17.5. The van der Waals surface area contributed by atoms with E-state index in [4.69, 9.17) is 0 Å². The van der Waals surface area contributed by atoms with Gasteiger partial charge in [0.1, 0.15) is 5.82 Å². The van der Waals surface area contributed by atoms with Crippen LogP contribution in [0.2, 0.25) is 0 Å². The molecule has 0 unspecified atom stereocenters. The Kier molecular flexibility index (Phi) is 5.06. The molecular weight excluding hydrogens is 321 g/mol. The third-order valence-electron chi connectivity index (χ3n) is 5.18. The van der Waals surface area contributed by atoms with Gasteiger partial charge in [0.2, 0.25) is 5.91 Å². The number of hydrogen-bond acceptors (Lipinski definition) is 2. The predicted molar refractivity (Wildman–Crippen MR) is 94.7 cm³/mol. The minimum atomic E-state index is -0.455. The van der Waals surface area contributed by atoms with Gasteiger partial charge in [0.25, 0.3) is 0 Å². The number of amides is 3. The topological polar surface area (TPSA) is 52.7 Å². The van der Waals surface area contributed by atoms with Crippen LogP contribution in [0.15, 0.2) is 36.9 Å². The highest BCUT2D eigenvalue weighted by atomic mass is 19.1. The standard InChI is InChI=1S/C19H24FN3O2/c1-2-12-23-17(24)9-5-10-19(23)11-6-13-22(14-19)18(25)21-16-8-4-3-7-15(16)20/h2-4,7-8H,1,5-6,9-14H2,(H,21,25)/t19-/m0/s1. The molecule has 2 aliphatic rings. The fourth-order valence-corrected chi connectivity index (χ4v) is 3.99. The zero-order valence-electron chi connectivity index (χ0n) is 14.3. The summed E-state index contributed by atoms with van der Waals surface area (Å²) in [4.78, 5) is 28.6. The highest BCUT2D eigenvalue weighted by Crippen LogP contribution is 2.36. The molecule has 0 aliphatic carbocycles. The molecule has 1 aromatic carbocycles. The molecule has 2 aliphatic heterocycles. The van der Waals surface area contributed by atoms with E-state index in [-0.39, 0.29) is 23.2 Å². The summed E-state index contributed by atoms with van der Waals surface area (Å²) in [5.41, 5.74) is -0.149. The maximum Gasteiger partial charge on any atom is 0.322 e. The predicted octanol–water partition coefficient (Wildman–Crippen LogP) is 3.39. The normalized spacial score (nSPS) is 23.6. The molecule has 1 aromatic rings. The second-order valence-electron chi connectivity index (χ2n) is 6.81. The van der Waals surface area contributed by atoms with Crippen molar-refractivity contribution in [3.8, 4) is 0 Å². The van der Waals surface area contributed by atoms with E-state index in [1.165, 1.54) is 6.07 Å². The van der Waals surface area contributed by atoms with Gasteiger partial charge in [-0.3, -0.25) is 4.79 Å². The van der Waals surface area contributed by atoms with Crippen LogP contribution in [-0.2, 0) is 4.79 Å². The minimum Gasteiger partial charge on any atom is -0.332 e. The first-order valence-electron chi connectivity index (χ1n) is 8.77. The second-order valence-corrected chi connectivity index (χ2v) is 6.81. The molecule has 2 heterocycles. The zero-order valence-corrected chi connectivity index (χ0v) is 14.3. The van der Waals surface area contributed by atoms with Gasteiger partial charge in [-0.25, -0.2) is 9.18 Å². The lowest BCUT2D eigenvalue weighted by molar-refractivity contribution is -0.143. The van der Waals surface area contributed by atoms with Crippen molar-refractivity contribution in [1.82, 2.24) is 9.80 Å². The van der Waals surface area contributed by atoms with Gasteiger partial charge in [-0.2, -0.15) is 0 Å². The molecule has 0 saturated carbocycles. The van der Waals surface area contributed by atoms with E-state index < -0.39 is 5.82 Å². The van der Waals surface area contributed by atoms with Gasteiger partial charge < -0.3 is 15.1 Å². The third-order valence-corrected chi connectivity index (χ3v) is 5.18. The lowest BCUT2D eigenvalue weighted by Gasteiger charge is -2.51. The van der Waals surface area contributed by atoms with E-state index in [2.05, 4.69) is 11.9 Å². The Morgan fingerprint density at radius 2 is 2.08 bits per heavy atom. The number of carbonyl (C=O) groups excluding carboxylic acids is 2. The number of hydrogen-bond donors (Lipinski definition) is 1. The SMILES string of the molecule is C=CCN1C(=O)CCC[C@@]12CCCN(C(=O)Nc1ccccc1F)C2. The van der Waals surface area contributed by atoms with Crippen LogP contribution in [0, 0.1) is 5.82 Å². The number of urea groups is 1. The molecule has 3 amide bonds. The number of halogens is 1. The summed E-state index contributed by atoms with van der Waals surface area (Å²) in [6.45, 7) is 5.35. The van der Waals surface area contributed by atoms with E-state index >= 15 is 0 Å². The first-order chi connectivity index (χ1) is 12.1. The van der Waals surface area contributed by atoms with E-state index in [9.17, 15) is 14.0 Å². The van der Waals surface area contributed by atoms with Gasteiger partial charge in [0.05, 0.1) is 11.2 Å². The van der Waals surface area contributed by atoms with Gasteiger partial charge in [-0.05, 0) is 37.8 Å².